The number of non-ortho nitro benzene ring substituents is 1. The second kappa shape index (κ2) is 6.21. The molecule has 0 amide bonds. The molecule has 20 heavy (non-hydrogen) atoms. The number of nitro benzene ring substituents is 1. The summed E-state index contributed by atoms with van der Waals surface area (Å²) >= 11 is 3.22. The zero-order valence-electron chi connectivity index (χ0n) is 10.3. The van der Waals surface area contributed by atoms with E-state index in [-0.39, 0.29) is 11.3 Å². The van der Waals surface area contributed by atoms with Crippen molar-refractivity contribution in [1.82, 2.24) is 0 Å². The molecule has 1 aromatic heterocycles. The second-order valence-electron chi connectivity index (χ2n) is 3.98. The van der Waals surface area contributed by atoms with Crippen LogP contribution in [0.25, 0.3) is 0 Å². The van der Waals surface area contributed by atoms with E-state index in [4.69, 9.17) is 9.68 Å². The van der Waals surface area contributed by atoms with Crippen LogP contribution in [-0.4, -0.2) is 11.5 Å². The highest BCUT2D eigenvalue weighted by atomic mass is 79.9. The Bertz CT molecular complexity index is 676. The molecule has 0 atom stereocenters. The molecule has 1 aromatic carbocycles. The largest absolute Gasteiger partial charge is 0.454 e. The first-order valence-corrected chi connectivity index (χ1v) is 6.56. The molecule has 0 fully saturated rings. The molecule has 0 radical (unpaired) electrons. The summed E-state index contributed by atoms with van der Waals surface area (Å²) < 4.78 is 6.02. The average Bonchev–Trinajstić information content (AvgIpc) is 2.84. The van der Waals surface area contributed by atoms with Crippen molar-refractivity contribution in [2.75, 3.05) is 11.9 Å². The van der Waals surface area contributed by atoms with Crippen LogP contribution in [0.15, 0.2) is 39.4 Å². The third-order valence-corrected chi connectivity index (χ3v) is 3.08. The highest BCUT2D eigenvalue weighted by Crippen LogP contribution is 2.21. The quantitative estimate of drug-likeness (QED) is 0.667. The lowest BCUT2D eigenvalue weighted by molar-refractivity contribution is -0.384. The molecule has 0 aliphatic heterocycles. The van der Waals surface area contributed by atoms with Crippen molar-refractivity contribution in [2.45, 2.75) is 6.42 Å². The Kier molecular flexibility index (Phi) is 4.38. The molecule has 0 aliphatic rings. The predicted octanol–water partition coefficient (Wildman–Crippen LogP) is 3.48. The van der Waals surface area contributed by atoms with Crippen molar-refractivity contribution in [3.63, 3.8) is 0 Å². The second-order valence-corrected chi connectivity index (χ2v) is 4.76. The Hall–Kier alpha value is -2.33. The third kappa shape index (κ3) is 3.36. The van der Waals surface area contributed by atoms with Crippen molar-refractivity contribution in [3.8, 4) is 6.07 Å². The van der Waals surface area contributed by atoms with E-state index in [2.05, 4.69) is 21.2 Å². The maximum Gasteiger partial charge on any atom is 0.270 e. The number of benzene rings is 1. The van der Waals surface area contributed by atoms with Crippen LogP contribution in [0.2, 0.25) is 0 Å². The fraction of sp³-hybridized carbons (Fsp3) is 0.154. The number of furan rings is 1. The van der Waals surface area contributed by atoms with Gasteiger partial charge in [-0.05, 0) is 34.1 Å². The maximum absolute atomic E-state index is 10.6. The number of rotatable bonds is 5. The minimum absolute atomic E-state index is 0.0953. The average molecular weight is 336 g/mol. The molecule has 2 rings (SSSR count). The summed E-state index contributed by atoms with van der Waals surface area (Å²) in [6.45, 7) is 0.562. The van der Waals surface area contributed by atoms with Gasteiger partial charge in [0.05, 0.1) is 16.2 Å². The van der Waals surface area contributed by atoms with Gasteiger partial charge in [0.2, 0.25) is 0 Å². The summed E-state index contributed by atoms with van der Waals surface area (Å²) in [5.41, 5.74) is 0.727. The molecular weight excluding hydrogens is 326 g/mol. The van der Waals surface area contributed by atoms with E-state index in [1.807, 2.05) is 18.2 Å². The molecule has 0 saturated carbocycles. The summed E-state index contributed by atoms with van der Waals surface area (Å²) in [4.78, 5) is 10.1. The number of halogens is 1. The van der Waals surface area contributed by atoms with E-state index in [1.165, 1.54) is 18.2 Å². The summed E-state index contributed by atoms with van der Waals surface area (Å²) in [6.07, 6.45) is 0.646. The van der Waals surface area contributed by atoms with E-state index in [0.29, 0.717) is 23.3 Å². The minimum atomic E-state index is -0.523. The van der Waals surface area contributed by atoms with Crippen molar-refractivity contribution in [3.05, 3.63) is 56.4 Å². The molecule has 2 aromatic rings. The fourth-order valence-corrected chi connectivity index (χ4v) is 2.04. The number of hydrogen-bond donors (Lipinski definition) is 1. The Morgan fingerprint density at radius 2 is 2.20 bits per heavy atom. The highest BCUT2D eigenvalue weighted by Gasteiger charge is 2.10. The van der Waals surface area contributed by atoms with Crippen LogP contribution in [0.4, 0.5) is 11.4 Å². The van der Waals surface area contributed by atoms with Gasteiger partial charge < -0.3 is 9.73 Å². The lowest BCUT2D eigenvalue weighted by Gasteiger charge is -2.06. The number of anilines is 1. The first kappa shape index (κ1) is 14.1. The van der Waals surface area contributed by atoms with Gasteiger partial charge in [0.25, 0.3) is 5.69 Å². The van der Waals surface area contributed by atoms with Gasteiger partial charge in [-0.1, -0.05) is 0 Å². The molecule has 0 unspecified atom stereocenters. The van der Waals surface area contributed by atoms with Crippen LogP contribution in [0.1, 0.15) is 11.3 Å². The van der Waals surface area contributed by atoms with Gasteiger partial charge in [0.15, 0.2) is 4.67 Å². The number of nitrogens with zero attached hydrogens (tertiary/aromatic N) is 2. The highest BCUT2D eigenvalue weighted by molar-refractivity contribution is 9.10. The van der Waals surface area contributed by atoms with E-state index < -0.39 is 4.92 Å². The number of hydrogen-bond acceptors (Lipinski definition) is 5. The van der Waals surface area contributed by atoms with Gasteiger partial charge in [0, 0.05) is 25.1 Å². The Morgan fingerprint density at radius 3 is 2.80 bits per heavy atom. The molecule has 6 nitrogen and oxygen atoms in total. The normalized spacial score (nSPS) is 10.0. The lowest BCUT2D eigenvalue weighted by atomic mass is 10.1. The smallest absolute Gasteiger partial charge is 0.270 e. The topological polar surface area (TPSA) is 92.1 Å². The molecule has 7 heteroatoms. The predicted molar refractivity (Wildman–Crippen MR) is 76.4 cm³/mol. The number of nitriles is 1. The Balaban J connectivity index is 2.02. The minimum Gasteiger partial charge on any atom is -0.454 e. The summed E-state index contributed by atoms with van der Waals surface area (Å²) in [7, 11) is 0. The maximum atomic E-state index is 10.6. The van der Waals surface area contributed by atoms with Gasteiger partial charge in [-0.3, -0.25) is 10.1 Å². The molecule has 0 saturated heterocycles. The number of nitro groups is 1. The summed E-state index contributed by atoms with van der Waals surface area (Å²) in [5.74, 6) is 0.810. The molecule has 102 valence electrons. The van der Waals surface area contributed by atoms with E-state index in [9.17, 15) is 10.1 Å². The SMILES string of the molecule is N#Cc1cc([N+](=O)[O-])ccc1NCCc1ccc(Br)o1. The summed E-state index contributed by atoms with van der Waals surface area (Å²) in [5, 5.41) is 22.7. The van der Waals surface area contributed by atoms with Crippen molar-refractivity contribution in [1.29, 1.82) is 5.26 Å². The molecule has 1 N–H and O–H groups in total. The van der Waals surface area contributed by atoms with Crippen LogP contribution in [0, 0.1) is 21.4 Å². The van der Waals surface area contributed by atoms with Gasteiger partial charge in [-0.25, -0.2) is 0 Å². The van der Waals surface area contributed by atoms with Crippen LogP contribution < -0.4 is 5.32 Å². The van der Waals surface area contributed by atoms with Crippen LogP contribution in [0.3, 0.4) is 0 Å². The van der Waals surface area contributed by atoms with Crippen LogP contribution in [0.5, 0.6) is 0 Å². The van der Waals surface area contributed by atoms with Gasteiger partial charge in [-0.2, -0.15) is 5.26 Å². The monoisotopic (exact) mass is 335 g/mol. The molecular formula is C13H10BrN3O3. The first-order chi connectivity index (χ1) is 9.60. The molecule has 0 aliphatic carbocycles. The fourth-order valence-electron chi connectivity index (χ4n) is 1.70. The van der Waals surface area contributed by atoms with E-state index >= 15 is 0 Å². The van der Waals surface area contributed by atoms with Crippen molar-refractivity contribution in [2.24, 2.45) is 0 Å². The molecule has 0 bridgehead atoms. The standard InChI is InChI=1S/C13H10BrN3O3/c14-13-4-2-11(20-13)5-6-16-12-3-1-10(17(18)19)7-9(12)8-15/h1-4,7,16H,5-6H2. The first-order valence-electron chi connectivity index (χ1n) is 5.77. The third-order valence-electron chi connectivity index (χ3n) is 2.65. The van der Waals surface area contributed by atoms with Gasteiger partial charge in [-0.15, -0.1) is 0 Å². The zero-order chi connectivity index (χ0) is 14.5. The van der Waals surface area contributed by atoms with Crippen LogP contribution in [-0.2, 0) is 6.42 Å². The Labute approximate surface area is 123 Å². The van der Waals surface area contributed by atoms with E-state index in [0.717, 1.165) is 5.76 Å². The molecule has 1 heterocycles. The van der Waals surface area contributed by atoms with Crippen LogP contribution >= 0.6 is 15.9 Å². The lowest BCUT2D eigenvalue weighted by Crippen LogP contribution is -2.06. The molecule has 0 spiro atoms. The zero-order valence-corrected chi connectivity index (χ0v) is 11.9. The summed E-state index contributed by atoms with van der Waals surface area (Å²) in [6, 6.07) is 9.77. The van der Waals surface area contributed by atoms with Crippen molar-refractivity contribution < 1.29 is 9.34 Å². The number of nitrogens with one attached hydrogen (secondary N) is 1. The van der Waals surface area contributed by atoms with E-state index in [1.54, 1.807) is 0 Å². The van der Waals surface area contributed by atoms with Gasteiger partial charge in [0.1, 0.15) is 11.8 Å². The Morgan fingerprint density at radius 1 is 1.40 bits per heavy atom. The van der Waals surface area contributed by atoms with Crippen molar-refractivity contribution >= 4 is 27.3 Å². The van der Waals surface area contributed by atoms with Gasteiger partial charge >= 0.3 is 0 Å².